The van der Waals surface area contributed by atoms with Gasteiger partial charge >= 0.3 is 0 Å². The van der Waals surface area contributed by atoms with Crippen LogP contribution in [0.3, 0.4) is 0 Å². The summed E-state index contributed by atoms with van der Waals surface area (Å²) in [6.07, 6.45) is 3.87. The van der Waals surface area contributed by atoms with E-state index in [1.54, 1.807) is 12.1 Å². The van der Waals surface area contributed by atoms with Crippen molar-refractivity contribution in [2.75, 3.05) is 19.6 Å². The summed E-state index contributed by atoms with van der Waals surface area (Å²) in [6.45, 7) is 9.21. The predicted molar refractivity (Wildman–Crippen MR) is 138 cm³/mol. The Labute approximate surface area is 213 Å². The Hall–Kier alpha value is -2.93. The Balaban J connectivity index is 1.38. The normalized spacial score (nSPS) is 20.1. The van der Waals surface area contributed by atoms with Crippen LogP contribution in [0, 0.1) is 11.7 Å². The minimum Gasteiger partial charge on any atom is -0.457 e. The number of piperazine rings is 1. The van der Waals surface area contributed by atoms with Gasteiger partial charge in [-0.3, -0.25) is 14.5 Å². The second-order valence-corrected chi connectivity index (χ2v) is 10.5. The topological polar surface area (TPSA) is 61.9 Å². The van der Waals surface area contributed by atoms with Crippen LogP contribution >= 0.6 is 0 Å². The van der Waals surface area contributed by atoms with E-state index in [0.717, 1.165) is 38.0 Å². The van der Waals surface area contributed by atoms with Crippen LogP contribution in [0.2, 0.25) is 0 Å². The number of hydrogen-bond donors (Lipinski definition) is 1. The number of ether oxygens (including phenoxy) is 1. The summed E-state index contributed by atoms with van der Waals surface area (Å²) >= 11 is 0. The standard InChI is InChI=1S/C29H38FN3O3/c1-4-5-16-33-27(34)26(19-21(2)3)31-28(35)29(33)14-17-32(18-15-29)20-22-6-10-24(11-7-22)36-25-12-8-23(30)9-13-25/h6-13,21,26H,4-5,14-20H2,1-3H3,(H,31,35). The summed E-state index contributed by atoms with van der Waals surface area (Å²) in [4.78, 5) is 31.1. The third kappa shape index (κ3) is 5.89. The number of likely N-dealkylation sites (tertiary alicyclic amines) is 1. The van der Waals surface area contributed by atoms with Crippen LogP contribution in [-0.2, 0) is 16.1 Å². The number of nitrogens with zero attached hydrogens (tertiary/aromatic N) is 2. The van der Waals surface area contributed by atoms with Crippen LogP contribution in [0.4, 0.5) is 4.39 Å². The van der Waals surface area contributed by atoms with E-state index < -0.39 is 11.6 Å². The lowest BCUT2D eigenvalue weighted by molar-refractivity contribution is -0.161. The maximum Gasteiger partial charge on any atom is 0.246 e. The van der Waals surface area contributed by atoms with E-state index >= 15 is 0 Å². The van der Waals surface area contributed by atoms with Crippen molar-refractivity contribution < 1.29 is 18.7 Å². The van der Waals surface area contributed by atoms with E-state index in [2.05, 4.69) is 31.0 Å². The molecule has 6 nitrogen and oxygen atoms in total. The summed E-state index contributed by atoms with van der Waals surface area (Å²) in [5.41, 5.74) is 0.421. The lowest BCUT2D eigenvalue weighted by Crippen LogP contribution is -2.73. The van der Waals surface area contributed by atoms with Crippen molar-refractivity contribution in [2.24, 2.45) is 5.92 Å². The highest BCUT2D eigenvalue weighted by Gasteiger charge is 2.53. The Morgan fingerprint density at radius 1 is 1.03 bits per heavy atom. The zero-order chi connectivity index (χ0) is 25.7. The number of amides is 2. The van der Waals surface area contributed by atoms with Crippen molar-refractivity contribution in [1.29, 1.82) is 0 Å². The van der Waals surface area contributed by atoms with E-state index in [4.69, 9.17) is 4.74 Å². The third-order valence-electron chi connectivity index (χ3n) is 7.31. The van der Waals surface area contributed by atoms with Gasteiger partial charge in [0.05, 0.1) is 0 Å². The van der Waals surface area contributed by atoms with Crippen LogP contribution < -0.4 is 10.1 Å². The maximum atomic E-state index is 13.4. The molecule has 0 radical (unpaired) electrons. The van der Waals surface area contributed by atoms with Crippen LogP contribution in [0.5, 0.6) is 11.5 Å². The quantitative estimate of drug-likeness (QED) is 0.524. The molecule has 1 atom stereocenters. The Morgan fingerprint density at radius 3 is 2.22 bits per heavy atom. The van der Waals surface area contributed by atoms with Crippen LogP contribution in [0.15, 0.2) is 48.5 Å². The summed E-state index contributed by atoms with van der Waals surface area (Å²) in [6, 6.07) is 13.4. The lowest BCUT2D eigenvalue weighted by Gasteiger charge is -2.52. The van der Waals surface area contributed by atoms with Crippen LogP contribution in [0.25, 0.3) is 0 Å². The van der Waals surface area contributed by atoms with Gasteiger partial charge in [-0.25, -0.2) is 4.39 Å². The molecule has 2 amide bonds. The van der Waals surface area contributed by atoms with Gasteiger partial charge in [0, 0.05) is 26.2 Å². The highest BCUT2D eigenvalue weighted by molar-refractivity contribution is 6.00. The smallest absolute Gasteiger partial charge is 0.246 e. The molecule has 0 aliphatic carbocycles. The van der Waals surface area contributed by atoms with Gasteiger partial charge in [0.1, 0.15) is 28.9 Å². The van der Waals surface area contributed by atoms with Gasteiger partial charge in [-0.2, -0.15) is 0 Å². The number of unbranched alkanes of at least 4 members (excludes halogenated alkanes) is 1. The van der Waals surface area contributed by atoms with Crippen molar-refractivity contribution in [3.63, 3.8) is 0 Å². The molecule has 2 aromatic carbocycles. The maximum absolute atomic E-state index is 13.4. The molecule has 2 saturated heterocycles. The molecule has 2 fully saturated rings. The van der Waals surface area contributed by atoms with Crippen LogP contribution in [0.1, 0.15) is 58.4 Å². The molecule has 0 saturated carbocycles. The van der Waals surface area contributed by atoms with E-state index in [9.17, 15) is 14.0 Å². The summed E-state index contributed by atoms with van der Waals surface area (Å²) in [5.74, 6) is 1.44. The number of carbonyl (C=O) groups is 2. The predicted octanol–water partition coefficient (Wildman–Crippen LogP) is 5.13. The molecule has 194 valence electrons. The van der Waals surface area contributed by atoms with Crippen LogP contribution in [-0.4, -0.2) is 52.8 Å². The highest BCUT2D eigenvalue weighted by atomic mass is 19.1. The van der Waals surface area contributed by atoms with Crippen molar-refractivity contribution >= 4 is 11.8 Å². The van der Waals surface area contributed by atoms with Crippen molar-refractivity contribution in [3.05, 3.63) is 59.9 Å². The molecule has 2 heterocycles. The van der Waals surface area contributed by atoms with Gasteiger partial charge in [0.2, 0.25) is 11.8 Å². The Bertz CT molecular complexity index is 1030. The fourth-order valence-corrected chi connectivity index (χ4v) is 5.29. The second-order valence-electron chi connectivity index (χ2n) is 10.5. The molecule has 0 bridgehead atoms. The van der Waals surface area contributed by atoms with Crippen molar-refractivity contribution in [1.82, 2.24) is 15.1 Å². The zero-order valence-corrected chi connectivity index (χ0v) is 21.6. The van der Waals surface area contributed by atoms with Crippen molar-refractivity contribution in [2.45, 2.75) is 71.0 Å². The first-order chi connectivity index (χ1) is 17.3. The van der Waals surface area contributed by atoms with Gasteiger partial charge in [-0.1, -0.05) is 39.3 Å². The highest BCUT2D eigenvalue weighted by Crippen LogP contribution is 2.35. The Kier molecular flexibility index (Phi) is 8.29. The van der Waals surface area contributed by atoms with E-state index in [1.807, 2.05) is 29.2 Å². The molecule has 2 aromatic rings. The van der Waals surface area contributed by atoms with Gasteiger partial charge < -0.3 is 15.0 Å². The third-order valence-corrected chi connectivity index (χ3v) is 7.31. The molecule has 4 rings (SSSR count). The molecule has 2 aliphatic rings. The second kappa shape index (κ2) is 11.4. The first-order valence-corrected chi connectivity index (χ1v) is 13.2. The number of carbonyl (C=O) groups excluding carboxylic acids is 2. The number of rotatable bonds is 9. The van der Waals surface area contributed by atoms with Crippen molar-refractivity contribution in [3.8, 4) is 11.5 Å². The molecule has 1 N–H and O–H groups in total. The number of hydrogen-bond acceptors (Lipinski definition) is 4. The van der Waals surface area contributed by atoms with Gasteiger partial charge in [0.25, 0.3) is 0 Å². The number of benzene rings is 2. The molecule has 1 unspecified atom stereocenters. The first kappa shape index (κ1) is 26.1. The van der Waals surface area contributed by atoms with E-state index in [0.29, 0.717) is 43.2 Å². The first-order valence-electron chi connectivity index (χ1n) is 13.2. The van der Waals surface area contributed by atoms with Gasteiger partial charge in [0.15, 0.2) is 0 Å². The molecule has 0 aromatic heterocycles. The van der Waals surface area contributed by atoms with E-state index in [1.165, 1.54) is 12.1 Å². The molecular weight excluding hydrogens is 457 g/mol. The summed E-state index contributed by atoms with van der Waals surface area (Å²) in [7, 11) is 0. The van der Waals surface area contributed by atoms with Gasteiger partial charge in [-0.05, 0) is 73.6 Å². The minimum atomic E-state index is -0.733. The average Bonchev–Trinajstić information content (AvgIpc) is 2.86. The molecule has 7 heteroatoms. The number of halogens is 1. The monoisotopic (exact) mass is 495 g/mol. The van der Waals surface area contributed by atoms with Gasteiger partial charge in [-0.15, -0.1) is 0 Å². The summed E-state index contributed by atoms with van der Waals surface area (Å²) in [5, 5.41) is 3.07. The lowest BCUT2D eigenvalue weighted by atomic mass is 9.80. The fraction of sp³-hybridized carbons (Fsp3) is 0.517. The molecule has 2 aliphatic heterocycles. The number of nitrogens with one attached hydrogen (secondary N) is 1. The molecule has 36 heavy (non-hydrogen) atoms. The minimum absolute atomic E-state index is 0.0193. The summed E-state index contributed by atoms with van der Waals surface area (Å²) < 4.78 is 18.9. The SMILES string of the molecule is CCCCN1C(=O)C(CC(C)C)NC(=O)C12CCN(Cc1ccc(Oc3ccc(F)cc3)cc1)CC2. The number of piperidine rings is 1. The Morgan fingerprint density at radius 2 is 1.64 bits per heavy atom. The molecular formula is C29H38FN3O3. The zero-order valence-electron chi connectivity index (χ0n) is 21.6. The van der Waals surface area contributed by atoms with E-state index in [-0.39, 0.29) is 17.6 Å². The fourth-order valence-electron chi connectivity index (χ4n) is 5.29. The average molecular weight is 496 g/mol. The largest absolute Gasteiger partial charge is 0.457 e. The molecule has 1 spiro atoms.